The van der Waals surface area contributed by atoms with Gasteiger partial charge >= 0.3 is 0 Å². The second-order valence-electron chi connectivity index (χ2n) is 3.58. The molecule has 1 heterocycles. The minimum atomic E-state index is -0.0186. The van der Waals surface area contributed by atoms with E-state index in [9.17, 15) is 0 Å². The van der Waals surface area contributed by atoms with Gasteiger partial charge in [0.05, 0.1) is 18.1 Å². The third-order valence-corrected chi connectivity index (χ3v) is 2.62. The highest BCUT2D eigenvalue weighted by Gasteiger charge is 2.26. The Balaban J connectivity index is 2.20. The van der Waals surface area contributed by atoms with E-state index in [0.717, 1.165) is 25.0 Å². The lowest BCUT2D eigenvalue weighted by molar-refractivity contribution is -0.0101. The second-order valence-corrected chi connectivity index (χ2v) is 3.58. The summed E-state index contributed by atoms with van der Waals surface area (Å²) >= 11 is 0. The van der Waals surface area contributed by atoms with Gasteiger partial charge in [0.2, 0.25) is 0 Å². The third kappa shape index (κ3) is 1.78. The summed E-state index contributed by atoms with van der Waals surface area (Å²) in [6, 6.07) is 12.3. The first kappa shape index (κ1) is 9.23. The zero-order chi connectivity index (χ0) is 9.80. The van der Waals surface area contributed by atoms with Crippen LogP contribution in [-0.2, 0) is 4.74 Å². The Labute approximate surface area is 84.1 Å². The lowest BCUT2D eigenvalue weighted by Gasteiger charge is -2.27. The van der Waals surface area contributed by atoms with E-state index in [2.05, 4.69) is 6.07 Å². The SMILES string of the molecule is N#CC1CCCOC1c1ccccc1. The van der Waals surface area contributed by atoms with E-state index in [-0.39, 0.29) is 12.0 Å². The first-order valence-corrected chi connectivity index (χ1v) is 4.98. The number of rotatable bonds is 1. The van der Waals surface area contributed by atoms with Crippen LogP contribution in [0.1, 0.15) is 24.5 Å². The van der Waals surface area contributed by atoms with E-state index >= 15 is 0 Å². The Kier molecular flexibility index (Phi) is 2.81. The fraction of sp³-hybridized carbons (Fsp3) is 0.417. The molecule has 2 unspecified atom stereocenters. The Morgan fingerprint density at radius 3 is 2.79 bits per heavy atom. The van der Waals surface area contributed by atoms with Gasteiger partial charge in [-0.3, -0.25) is 0 Å². The Bertz CT molecular complexity index is 328. The van der Waals surface area contributed by atoms with Gasteiger partial charge in [-0.15, -0.1) is 0 Å². The summed E-state index contributed by atoms with van der Waals surface area (Å²) < 4.78 is 5.64. The molecule has 14 heavy (non-hydrogen) atoms. The van der Waals surface area contributed by atoms with Crippen molar-refractivity contribution in [3.8, 4) is 6.07 Å². The van der Waals surface area contributed by atoms with E-state index in [0.29, 0.717) is 0 Å². The van der Waals surface area contributed by atoms with Crippen LogP contribution in [0.5, 0.6) is 0 Å². The van der Waals surface area contributed by atoms with Crippen LogP contribution in [0.25, 0.3) is 0 Å². The van der Waals surface area contributed by atoms with Crippen molar-refractivity contribution in [1.29, 1.82) is 5.26 Å². The Hall–Kier alpha value is -1.33. The minimum absolute atomic E-state index is 0.0186. The zero-order valence-electron chi connectivity index (χ0n) is 8.02. The van der Waals surface area contributed by atoms with Gasteiger partial charge < -0.3 is 4.74 Å². The van der Waals surface area contributed by atoms with Gasteiger partial charge in [0, 0.05) is 6.61 Å². The molecule has 1 aliphatic rings. The maximum atomic E-state index is 8.99. The van der Waals surface area contributed by atoms with Gasteiger partial charge in [0.1, 0.15) is 0 Å². The topological polar surface area (TPSA) is 33.0 Å². The predicted molar refractivity (Wildman–Crippen MR) is 53.5 cm³/mol. The Morgan fingerprint density at radius 1 is 1.29 bits per heavy atom. The highest BCUT2D eigenvalue weighted by Crippen LogP contribution is 2.32. The molecule has 1 aromatic rings. The molecule has 0 radical (unpaired) electrons. The molecule has 2 nitrogen and oxygen atoms in total. The van der Waals surface area contributed by atoms with Crippen molar-refractivity contribution in [3.05, 3.63) is 35.9 Å². The smallest absolute Gasteiger partial charge is 0.0982 e. The fourth-order valence-electron chi connectivity index (χ4n) is 1.88. The van der Waals surface area contributed by atoms with Crippen molar-refractivity contribution >= 4 is 0 Å². The van der Waals surface area contributed by atoms with Gasteiger partial charge in [-0.2, -0.15) is 5.26 Å². The van der Waals surface area contributed by atoms with Crippen LogP contribution in [-0.4, -0.2) is 6.61 Å². The summed E-state index contributed by atoms with van der Waals surface area (Å²) in [7, 11) is 0. The van der Waals surface area contributed by atoms with E-state index in [1.54, 1.807) is 0 Å². The standard InChI is InChI=1S/C12H13NO/c13-9-11-7-4-8-14-12(11)10-5-2-1-3-6-10/h1-3,5-6,11-12H,4,7-8H2. The van der Waals surface area contributed by atoms with Crippen LogP contribution in [0.3, 0.4) is 0 Å². The minimum Gasteiger partial charge on any atom is -0.372 e. The predicted octanol–water partition coefficient (Wildman–Crippen LogP) is 2.68. The van der Waals surface area contributed by atoms with Crippen molar-refractivity contribution in [2.45, 2.75) is 18.9 Å². The molecule has 2 rings (SSSR count). The van der Waals surface area contributed by atoms with E-state index < -0.39 is 0 Å². The average Bonchev–Trinajstić information content (AvgIpc) is 2.30. The lowest BCUT2D eigenvalue weighted by atomic mass is 9.91. The molecule has 1 aromatic carbocycles. The molecule has 0 spiro atoms. The van der Waals surface area contributed by atoms with Gasteiger partial charge in [-0.25, -0.2) is 0 Å². The molecule has 0 amide bonds. The van der Waals surface area contributed by atoms with Crippen LogP contribution >= 0.6 is 0 Å². The van der Waals surface area contributed by atoms with Crippen LogP contribution in [0, 0.1) is 17.2 Å². The molecule has 0 saturated carbocycles. The summed E-state index contributed by atoms with van der Waals surface area (Å²) in [4.78, 5) is 0. The summed E-state index contributed by atoms with van der Waals surface area (Å²) in [6.45, 7) is 0.776. The first-order chi connectivity index (χ1) is 6.92. The number of nitrogens with zero attached hydrogens (tertiary/aromatic N) is 1. The highest BCUT2D eigenvalue weighted by molar-refractivity contribution is 5.20. The molecule has 0 aliphatic carbocycles. The number of hydrogen-bond donors (Lipinski definition) is 0. The van der Waals surface area contributed by atoms with E-state index in [4.69, 9.17) is 10.00 Å². The highest BCUT2D eigenvalue weighted by atomic mass is 16.5. The average molecular weight is 187 g/mol. The van der Waals surface area contributed by atoms with Gasteiger partial charge in [0.15, 0.2) is 0 Å². The summed E-state index contributed by atoms with van der Waals surface area (Å²) in [5.41, 5.74) is 1.12. The largest absolute Gasteiger partial charge is 0.372 e. The van der Waals surface area contributed by atoms with Crippen molar-refractivity contribution < 1.29 is 4.74 Å². The maximum Gasteiger partial charge on any atom is 0.0982 e. The molecular weight excluding hydrogens is 174 g/mol. The number of hydrogen-bond acceptors (Lipinski definition) is 2. The lowest BCUT2D eigenvalue weighted by Crippen LogP contribution is -2.21. The second kappa shape index (κ2) is 4.26. The fourth-order valence-corrected chi connectivity index (χ4v) is 1.88. The Morgan fingerprint density at radius 2 is 2.07 bits per heavy atom. The number of nitriles is 1. The van der Waals surface area contributed by atoms with Crippen LogP contribution in [0.15, 0.2) is 30.3 Å². The monoisotopic (exact) mass is 187 g/mol. The third-order valence-electron chi connectivity index (χ3n) is 2.62. The van der Waals surface area contributed by atoms with Crippen molar-refractivity contribution in [3.63, 3.8) is 0 Å². The first-order valence-electron chi connectivity index (χ1n) is 4.98. The molecular formula is C12H13NO. The number of ether oxygens (including phenoxy) is 1. The molecule has 2 atom stereocenters. The maximum absolute atomic E-state index is 8.99. The molecule has 2 heteroatoms. The van der Waals surface area contributed by atoms with Crippen LogP contribution in [0.2, 0.25) is 0 Å². The van der Waals surface area contributed by atoms with Crippen LogP contribution in [0.4, 0.5) is 0 Å². The van der Waals surface area contributed by atoms with Gasteiger partial charge in [-0.1, -0.05) is 30.3 Å². The summed E-state index contributed by atoms with van der Waals surface area (Å²) in [6.07, 6.45) is 1.94. The summed E-state index contributed by atoms with van der Waals surface area (Å²) in [5.74, 6) is 0.0196. The van der Waals surface area contributed by atoms with Crippen molar-refractivity contribution in [2.75, 3.05) is 6.61 Å². The normalized spacial score (nSPS) is 26.8. The van der Waals surface area contributed by atoms with Crippen LogP contribution < -0.4 is 0 Å². The van der Waals surface area contributed by atoms with Crippen molar-refractivity contribution in [1.82, 2.24) is 0 Å². The molecule has 0 N–H and O–H groups in total. The van der Waals surface area contributed by atoms with Crippen molar-refractivity contribution in [2.24, 2.45) is 5.92 Å². The molecule has 72 valence electrons. The van der Waals surface area contributed by atoms with Gasteiger partial charge in [-0.05, 0) is 18.4 Å². The van der Waals surface area contributed by atoms with Gasteiger partial charge in [0.25, 0.3) is 0 Å². The quantitative estimate of drug-likeness (QED) is 0.677. The van der Waals surface area contributed by atoms with E-state index in [1.165, 1.54) is 0 Å². The molecule has 0 aromatic heterocycles. The molecule has 1 aliphatic heterocycles. The summed E-state index contributed by atoms with van der Waals surface area (Å²) in [5, 5.41) is 8.99. The molecule has 1 fully saturated rings. The molecule has 1 saturated heterocycles. The molecule has 0 bridgehead atoms. The number of benzene rings is 1. The zero-order valence-corrected chi connectivity index (χ0v) is 8.02. The van der Waals surface area contributed by atoms with E-state index in [1.807, 2.05) is 30.3 Å².